The Balaban J connectivity index is 2.15. The van der Waals surface area contributed by atoms with Gasteiger partial charge in [-0.05, 0) is 70.7 Å². The summed E-state index contributed by atoms with van der Waals surface area (Å²) in [7, 11) is 0. The van der Waals surface area contributed by atoms with Crippen molar-refractivity contribution in [3.63, 3.8) is 0 Å². The highest BCUT2D eigenvalue weighted by Gasteiger charge is 2.25. The van der Waals surface area contributed by atoms with Crippen molar-refractivity contribution in [2.75, 3.05) is 11.9 Å². The molecular weight excluding hydrogens is 290 g/mol. The number of anilines is 1. The maximum Gasteiger partial charge on any atom is 0.254 e. The summed E-state index contributed by atoms with van der Waals surface area (Å²) >= 11 is 0. The Bertz CT molecular complexity index is 605. The lowest BCUT2D eigenvalue weighted by Crippen LogP contribution is -2.45. The van der Waals surface area contributed by atoms with Crippen molar-refractivity contribution >= 4 is 17.5 Å². The van der Waals surface area contributed by atoms with Crippen molar-refractivity contribution in [3.8, 4) is 0 Å². The van der Waals surface area contributed by atoms with Crippen molar-refractivity contribution in [2.24, 2.45) is 5.73 Å². The zero-order valence-corrected chi connectivity index (χ0v) is 14.5. The number of amides is 2. The second-order valence-electron chi connectivity index (χ2n) is 7.05. The van der Waals surface area contributed by atoms with Gasteiger partial charge in [0.2, 0.25) is 5.91 Å². The first-order chi connectivity index (χ1) is 10.7. The lowest BCUT2D eigenvalue weighted by molar-refractivity contribution is -0.120. The molecule has 0 bridgehead atoms. The van der Waals surface area contributed by atoms with Crippen LogP contribution in [-0.2, 0) is 4.79 Å². The van der Waals surface area contributed by atoms with E-state index in [2.05, 4.69) is 12.2 Å². The van der Waals surface area contributed by atoms with Crippen LogP contribution in [0.3, 0.4) is 0 Å². The molecule has 1 unspecified atom stereocenters. The first kappa shape index (κ1) is 17.5. The van der Waals surface area contributed by atoms with Crippen LogP contribution >= 0.6 is 0 Å². The Labute approximate surface area is 138 Å². The van der Waals surface area contributed by atoms with E-state index in [9.17, 15) is 9.59 Å². The monoisotopic (exact) mass is 317 g/mol. The third kappa shape index (κ3) is 4.10. The third-order valence-corrected chi connectivity index (χ3v) is 4.37. The van der Waals surface area contributed by atoms with Crippen LogP contribution in [0.15, 0.2) is 18.2 Å². The molecule has 0 spiro atoms. The van der Waals surface area contributed by atoms with E-state index in [0.29, 0.717) is 11.3 Å². The average Bonchev–Trinajstić information content (AvgIpc) is 2.48. The van der Waals surface area contributed by atoms with E-state index in [-0.39, 0.29) is 17.9 Å². The molecule has 0 aliphatic carbocycles. The van der Waals surface area contributed by atoms with Crippen LogP contribution < -0.4 is 11.1 Å². The van der Waals surface area contributed by atoms with Gasteiger partial charge in [0, 0.05) is 23.8 Å². The summed E-state index contributed by atoms with van der Waals surface area (Å²) in [4.78, 5) is 26.6. The van der Waals surface area contributed by atoms with Crippen molar-refractivity contribution in [1.29, 1.82) is 0 Å². The van der Waals surface area contributed by atoms with Crippen LogP contribution in [0.25, 0.3) is 0 Å². The molecule has 1 fully saturated rings. The number of piperidine rings is 1. The number of nitrogens with one attached hydrogen (secondary N) is 1. The number of nitrogens with zero attached hydrogens (tertiary/aromatic N) is 1. The summed E-state index contributed by atoms with van der Waals surface area (Å²) in [5.41, 5.74) is 7.07. The highest BCUT2D eigenvalue weighted by atomic mass is 16.2. The molecule has 0 saturated carbocycles. The second-order valence-corrected chi connectivity index (χ2v) is 7.05. The van der Waals surface area contributed by atoms with Crippen LogP contribution in [0.5, 0.6) is 0 Å². The van der Waals surface area contributed by atoms with Crippen LogP contribution in [0.2, 0.25) is 0 Å². The first-order valence-electron chi connectivity index (χ1n) is 8.22. The van der Waals surface area contributed by atoms with E-state index in [1.54, 1.807) is 26.0 Å². The Morgan fingerprint density at radius 1 is 1.30 bits per heavy atom. The summed E-state index contributed by atoms with van der Waals surface area (Å²) in [6, 6.07) is 5.67. The third-order valence-electron chi connectivity index (χ3n) is 4.37. The maximum absolute atomic E-state index is 12.7. The molecule has 1 aromatic rings. The van der Waals surface area contributed by atoms with E-state index in [1.165, 1.54) is 6.42 Å². The van der Waals surface area contributed by atoms with Gasteiger partial charge in [-0.3, -0.25) is 9.59 Å². The average molecular weight is 317 g/mol. The predicted molar refractivity (Wildman–Crippen MR) is 92.4 cm³/mol. The van der Waals surface area contributed by atoms with E-state index >= 15 is 0 Å². The number of carbonyl (C=O) groups excluding carboxylic acids is 2. The van der Waals surface area contributed by atoms with Gasteiger partial charge in [-0.1, -0.05) is 0 Å². The summed E-state index contributed by atoms with van der Waals surface area (Å²) in [5.74, 6) is -0.179. The van der Waals surface area contributed by atoms with E-state index < -0.39 is 5.54 Å². The summed E-state index contributed by atoms with van der Waals surface area (Å²) < 4.78 is 0. The number of aryl methyl sites for hydroxylation is 1. The molecule has 2 rings (SSSR count). The molecule has 1 aliphatic heterocycles. The van der Waals surface area contributed by atoms with Crippen LogP contribution in [0.1, 0.15) is 56.0 Å². The molecule has 1 saturated heterocycles. The second kappa shape index (κ2) is 6.71. The van der Waals surface area contributed by atoms with Gasteiger partial charge < -0.3 is 16.0 Å². The number of benzene rings is 1. The number of hydrogen-bond donors (Lipinski definition) is 2. The lowest BCUT2D eigenvalue weighted by atomic mass is 10.0. The molecule has 2 amide bonds. The number of carbonyl (C=O) groups is 2. The van der Waals surface area contributed by atoms with E-state index in [4.69, 9.17) is 5.73 Å². The van der Waals surface area contributed by atoms with E-state index in [0.717, 1.165) is 24.9 Å². The Morgan fingerprint density at radius 3 is 2.57 bits per heavy atom. The number of rotatable bonds is 3. The van der Waals surface area contributed by atoms with Gasteiger partial charge in [0.25, 0.3) is 5.91 Å². The largest absolute Gasteiger partial charge is 0.336 e. The fourth-order valence-electron chi connectivity index (χ4n) is 2.79. The Hall–Kier alpha value is -1.88. The topological polar surface area (TPSA) is 75.4 Å². The lowest BCUT2D eigenvalue weighted by Gasteiger charge is -2.33. The Kier molecular flexibility index (Phi) is 5.09. The van der Waals surface area contributed by atoms with Crippen molar-refractivity contribution in [3.05, 3.63) is 29.3 Å². The minimum atomic E-state index is -0.940. The predicted octanol–water partition coefficient (Wildman–Crippen LogP) is 2.69. The molecule has 5 nitrogen and oxygen atoms in total. The fraction of sp³-hybridized carbons (Fsp3) is 0.556. The zero-order valence-electron chi connectivity index (χ0n) is 14.5. The molecule has 1 aromatic carbocycles. The minimum Gasteiger partial charge on any atom is -0.336 e. The van der Waals surface area contributed by atoms with Crippen molar-refractivity contribution < 1.29 is 9.59 Å². The van der Waals surface area contributed by atoms with Crippen molar-refractivity contribution in [1.82, 2.24) is 4.90 Å². The summed E-state index contributed by atoms with van der Waals surface area (Å²) in [6.07, 6.45) is 3.31. The minimum absolute atomic E-state index is 0.0670. The van der Waals surface area contributed by atoms with Gasteiger partial charge in [0.05, 0.1) is 5.54 Å². The van der Waals surface area contributed by atoms with Gasteiger partial charge in [-0.25, -0.2) is 0 Å². The highest BCUT2D eigenvalue weighted by Crippen LogP contribution is 2.22. The highest BCUT2D eigenvalue weighted by molar-refractivity contribution is 5.99. The SMILES string of the molecule is Cc1cc(C(=O)N2CCCCC2C)ccc1NC(=O)C(C)(C)N. The van der Waals surface area contributed by atoms with Crippen LogP contribution in [0, 0.1) is 6.92 Å². The normalized spacial score (nSPS) is 18.7. The maximum atomic E-state index is 12.7. The van der Waals surface area contributed by atoms with Gasteiger partial charge in [-0.2, -0.15) is 0 Å². The smallest absolute Gasteiger partial charge is 0.254 e. The first-order valence-corrected chi connectivity index (χ1v) is 8.22. The summed E-state index contributed by atoms with van der Waals surface area (Å²) in [5, 5.41) is 2.82. The number of likely N-dealkylation sites (tertiary alicyclic amines) is 1. The summed E-state index contributed by atoms with van der Waals surface area (Å²) in [6.45, 7) is 8.12. The zero-order chi connectivity index (χ0) is 17.2. The van der Waals surface area contributed by atoms with Crippen LogP contribution in [-0.4, -0.2) is 34.8 Å². The van der Waals surface area contributed by atoms with Gasteiger partial charge in [0.1, 0.15) is 0 Å². The molecule has 1 heterocycles. The quantitative estimate of drug-likeness (QED) is 0.900. The van der Waals surface area contributed by atoms with Gasteiger partial charge >= 0.3 is 0 Å². The fourth-order valence-corrected chi connectivity index (χ4v) is 2.79. The molecule has 0 aromatic heterocycles. The van der Waals surface area contributed by atoms with E-state index in [1.807, 2.05) is 17.9 Å². The molecule has 0 radical (unpaired) electrons. The van der Waals surface area contributed by atoms with Crippen molar-refractivity contribution in [2.45, 2.75) is 58.5 Å². The molecule has 5 heteroatoms. The van der Waals surface area contributed by atoms with Crippen LogP contribution in [0.4, 0.5) is 5.69 Å². The number of nitrogens with two attached hydrogens (primary N) is 1. The Morgan fingerprint density at radius 2 is 2.00 bits per heavy atom. The standard InChI is InChI=1S/C18H27N3O2/c1-12-11-14(16(22)21-10-6-5-7-13(21)2)8-9-15(12)20-17(23)18(3,4)19/h8-9,11,13H,5-7,10,19H2,1-4H3,(H,20,23). The van der Waals surface area contributed by atoms with Gasteiger partial charge in [0.15, 0.2) is 0 Å². The molecular formula is C18H27N3O2. The molecule has 126 valence electrons. The van der Waals surface area contributed by atoms with Gasteiger partial charge in [-0.15, -0.1) is 0 Å². The molecule has 1 atom stereocenters. The molecule has 3 N–H and O–H groups in total. The molecule has 23 heavy (non-hydrogen) atoms. The molecule has 1 aliphatic rings. The number of hydrogen-bond acceptors (Lipinski definition) is 3.